The van der Waals surface area contributed by atoms with Crippen LogP contribution in [-0.4, -0.2) is 28.0 Å². The molecule has 1 aromatic carbocycles. The van der Waals surface area contributed by atoms with Gasteiger partial charge in [-0.15, -0.1) is 0 Å². The maximum atomic E-state index is 12.7. The van der Waals surface area contributed by atoms with Crippen molar-refractivity contribution in [3.8, 4) is 11.3 Å². The molecular formula is C18H22N2O2. The summed E-state index contributed by atoms with van der Waals surface area (Å²) in [5.41, 5.74) is 2.53. The Kier molecular flexibility index (Phi) is 4.01. The zero-order chi connectivity index (χ0) is 15.7. The van der Waals surface area contributed by atoms with Gasteiger partial charge in [0.15, 0.2) is 11.5 Å². The third-order valence-corrected chi connectivity index (χ3v) is 4.49. The molecule has 1 aromatic heterocycles. The van der Waals surface area contributed by atoms with Crippen LogP contribution in [0.1, 0.15) is 49.2 Å². The summed E-state index contributed by atoms with van der Waals surface area (Å²) in [6.45, 7) is 6.25. The lowest BCUT2D eigenvalue weighted by Gasteiger charge is -2.38. The highest BCUT2D eigenvalue weighted by molar-refractivity contribution is 5.93. The van der Waals surface area contributed by atoms with Crippen LogP contribution < -0.4 is 0 Å². The second-order valence-electron chi connectivity index (χ2n) is 6.28. The molecule has 116 valence electrons. The molecule has 2 atom stereocenters. The standard InChI is InChI=1S/C18H22N2O2/c1-12-7-9-15(10-8-12)17-11-16(19-22-17)18(21)20-13(2)5-4-6-14(20)3/h7-11,13-14H,4-6H2,1-3H3/t13-,14+. The monoisotopic (exact) mass is 298 g/mol. The van der Waals surface area contributed by atoms with Crippen LogP contribution in [0, 0.1) is 6.92 Å². The van der Waals surface area contributed by atoms with Crippen molar-refractivity contribution in [2.45, 2.75) is 52.1 Å². The van der Waals surface area contributed by atoms with Gasteiger partial charge in [0.2, 0.25) is 0 Å². The highest BCUT2D eigenvalue weighted by Gasteiger charge is 2.31. The molecule has 0 saturated carbocycles. The molecule has 1 aliphatic rings. The minimum atomic E-state index is -0.0261. The molecule has 0 bridgehead atoms. The SMILES string of the molecule is Cc1ccc(-c2cc(C(=O)N3[C@H](C)CCC[C@@H]3C)no2)cc1. The van der Waals surface area contributed by atoms with Crippen molar-refractivity contribution in [3.05, 3.63) is 41.6 Å². The summed E-state index contributed by atoms with van der Waals surface area (Å²) in [6, 6.07) is 10.3. The highest BCUT2D eigenvalue weighted by Crippen LogP contribution is 2.26. The third-order valence-electron chi connectivity index (χ3n) is 4.49. The van der Waals surface area contributed by atoms with Crippen LogP contribution in [0.5, 0.6) is 0 Å². The summed E-state index contributed by atoms with van der Waals surface area (Å²) < 4.78 is 5.38. The molecule has 3 rings (SSSR count). The topological polar surface area (TPSA) is 46.3 Å². The average Bonchev–Trinajstić information content (AvgIpc) is 2.97. The fourth-order valence-electron chi connectivity index (χ4n) is 3.18. The number of benzene rings is 1. The van der Waals surface area contributed by atoms with Crippen molar-refractivity contribution in [1.29, 1.82) is 0 Å². The normalized spacial score (nSPS) is 21.9. The minimum Gasteiger partial charge on any atom is -0.355 e. The minimum absolute atomic E-state index is 0.0261. The molecule has 2 aromatic rings. The third kappa shape index (κ3) is 2.78. The predicted molar refractivity (Wildman–Crippen MR) is 85.6 cm³/mol. The van der Waals surface area contributed by atoms with E-state index in [0.29, 0.717) is 11.5 Å². The fourth-order valence-corrected chi connectivity index (χ4v) is 3.18. The first-order valence-corrected chi connectivity index (χ1v) is 7.92. The van der Waals surface area contributed by atoms with E-state index in [1.165, 1.54) is 12.0 Å². The molecule has 0 aliphatic carbocycles. The quantitative estimate of drug-likeness (QED) is 0.840. The zero-order valence-electron chi connectivity index (χ0n) is 13.4. The number of hydrogen-bond acceptors (Lipinski definition) is 3. The molecule has 0 unspecified atom stereocenters. The Morgan fingerprint density at radius 2 is 1.82 bits per heavy atom. The number of piperidine rings is 1. The number of rotatable bonds is 2. The lowest BCUT2D eigenvalue weighted by atomic mass is 9.97. The summed E-state index contributed by atoms with van der Waals surface area (Å²) in [5, 5.41) is 3.99. The van der Waals surface area contributed by atoms with Crippen molar-refractivity contribution in [1.82, 2.24) is 10.1 Å². The molecule has 1 saturated heterocycles. The van der Waals surface area contributed by atoms with Gasteiger partial charge in [-0.05, 0) is 40.0 Å². The molecule has 1 amide bonds. The lowest BCUT2D eigenvalue weighted by Crippen LogP contribution is -2.47. The van der Waals surface area contributed by atoms with Gasteiger partial charge in [-0.2, -0.15) is 0 Å². The molecule has 0 radical (unpaired) electrons. The van der Waals surface area contributed by atoms with Crippen molar-refractivity contribution in [2.75, 3.05) is 0 Å². The first-order valence-electron chi connectivity index (χ1n) is 7.92. The number of likely N-dealkylation sites (tertiary alicyclic amines) is 1. The first-order chi connectivity index (χ1) is 10.6. The van der Waals surface area contributed by atoms with Crippen LogP contribution in [0.3, 0.4) is 0 Å². The molecular weight excluding hydrogens is 276 g/mol. The van der Waals surface area contributed by atoms with E-state index in [1.54, 1.807) is 6.07 Å². The van der Waals surface area contributed by atoms with Crippen LogP contribution >= 0.6 is 0 Å². The fraction of sp³-hybridized carbons (Fsp3) is 0.444. The van der Waals surface area contributed by atoms with E-state index in [-0.39, 0.29) is 18.0 Å². The van der Waals surface area contributed by atoms with E-state index >= 15 is 0 Å². The molecule has 4 heteroatoms. The number of carbonyl (C=O) groups excluding carboxylic acids is 1. The molecule has 1 fully saturated rings. The van der Waals surface area contributed by atoms with Crippen LogP contribution in [0.2, 0.25) is 0 Å². The Balaban J connectivity index is 1.83. The maximum absolute atomic E-state index is 12.7. The van der Waals surface area contributed by atoms with Gasteiger partial charge in [0, 0.05) is 23.7 Å². The number of nitrogens with zero attached hydrogens (tertiary/aromatic N) is 2. The average molecular weight is 298 g/mol. The van der Waals surface area contributed by atoms with Gasteiger partial charge in [0.1, 0.15) is 0 Å². The number of aromatic nitrogens is 1. The first kappa shape index (κ1) is 14.8. The second kappa shape index (κ2) is 5.95. The molecule has 0 N–H and O–H groups in total. The van der Waals surface area contributed by atoms with E-state index in [9.17, 15) is 4.79 Å². The Hall–Kier alpha value is -2.10. The zero-order valence-corrected chi connectivity index (χ0v) is 13.4. The summed E-state index contributed by atoms with van der Waals surface area (Å²) in [4.78, 5) is 14.7. The van der Waals surface area contributed by atoms with Gasteiger partial charge in [-0.3, -0.25) is 4.79 Å². The summed E-state index contributed by atoms with van der Waals surface area (Å²) >= 11 is 0. The van der Waals surface area contributed by atoms with Gasteiger partial charge in [-0.1, -0.05) is 35.0 Å². The Labute approximate surface area is 131 Å². The predicted octanol–water partition coefficient (Wildman–Crippen LogP) is 4.05. The summed E-state index contributed by atoms with van der Waals surface area (Å²) in [5.74, 6) is 0.613. The number of amides is 1. The Morgan fingerprint density at radius 1 is 1.18 bits per heavy atom. The smallest absolute Gasteiger partial charge is 0.276 e. The van der Waals surface area contributed by atoms with Gasteiger partial charge in [0.25, 0.3) is 5.91 Å². The Morgan fingerprint density at radius 3 is 2.45 bits per heavy atom. The molecule has 4 nitrogen and oxygen atoms in total. The molecule has 2 heterocycles. The van der Waals surface area contributed by atoms with Gasteiger partial charge in [-0.25, -0.2) is 0 Å². The van der Waals surface area contributed by atoms with E-state index in [2.05, 4.69) is 19.0 Å². The van der Waals surface area contributed by atoms with Crippen LogP contribution in [-0.2, 0) is 0 Å². The van der Waals surface area contributed by atoms with Crippen LogP contribution in [0.25, 0.3) is 11.3 Å². The number of aryl methyl sites for hydroxylation is 1. The van der Waals surface area contributed by atoms with Crippen molar-refractivity contribution in [2.24, 2.45) is 0 Å². The highest BCUT2D eigenvalue weighted by atomic mass is 16.5. The van der Waals surface area contributed by atoms with Crippen LogP contribution in [0.4, 0.5) is 0 Å². The number of carbonyl (C=O) groups is 1. The lowest BCUT2D eigenvalue weighted by molar-refractivity contribution is 0.0500. The molecule has 22 heavy (non-hydrogen) atoms. The maximum Gasteiger partial charge on any atom is 0.276 e. The molecule has 0 spiro atoms. The van der Waals surface area contributed by atoms with E-state index in [1.807, 2.05) is 36.1 Å². The number of hydrogen-bond donors (Lipinski definition) is 0. The molecule has 1 aliphatic heterocycles. The second-order valence-corrected chi connectivity index (χ2v) is 6.28. The van der Waals surface area contributed by atoms with E-state index < -0.39 is 0 Å². The van der Waals surface area contributed by atoms with Gasteiger partial charge < -0.3 is 9.42 Å². The largest absolute Gasteiger partial charge is 0.355 e. The van der Waals surface area contributed by atoms with E-state index in [4.69, 9.17) is 4.52 Å². The van der Waals surface area contributed by atoms with Crippen LogP contribution in [0.15, 0.2) is 34.9 Å². The summed E-state index contributed by atoms with van der Waals surface area (Å²) in [6.07, 6.45) is 3.29. The van der Waals surface area contributed by atoms with Crippen molar-refractivity contribution >= 4 is 5.91 Å². The Bertz CT molecular complexity index is 650. The van der Waals surface area contributed by atoms with Crippen molar-refractivity contribution < 1.29 is 9.32 Å². The van der Waals surface area contributed by atoms with Gasteiger partial charge in [0.05, 0.1) is 0 Å². The van der Waals surface area contributed by atoms with Gasteiger partial charge >= 0.3 is 0 Å². The van der Waals surface area contributed by atoms with E-state index in [0.717, 1.165) is 18.4 Å². The summed E-state index contributed by atoms with van der Waals surface area (Å²) in [7, 11) is 0. The van der Waals surface area contributed by atoms with Crippen molar-refractivity contribution in [3.63, 3.8) is 0 Å².